The van der Waals surface area contributed by atoms with Crippen molar-refractivity contribution >= 4 is 11.9 Å². The predicted octanol–water partition coefficient (Wildman–Crippen LogP) is 0.606. The molecule has 0 radical (unpaired) electrons. The number of nitrogens with zero attached hydrogens (tertiary/aromatic N) is 2. The second-order valence-electron chi connectivity index (χ2n) is 5.40. The van der Waals surface area contributed by atoms with Gasteiger partial charge in [-0.1, -0.05) is 0 Å². The number of hydrogen-bond acceptors (Lipinski definition) is 2. The minimum atomic E-state index is -0.855. The molecule has 120 valence electrons. The fourth-order valence-corrected chi connectivity index (χ4v) is 2.33. The van der Waals surface area contributed by atoms with Gasteiger partial charge in [0.05, 0.1) is 0 Å². The Labute approximate surface area is 134 Å². The van der Waals surface area contributed by atoms with E-state index in [2.05, 4.69) is 0 Å². The van der Waals surface area contributed by atoms with Gasteiger partial charge in [0.1, 0.15) is 0 Å². The minimum absolute atomic E-state index is 0.0271. The summed E-state index contributed by atoms with van der Waals surface area (Å²) in [5, 5.41) is 17.4. The monoisotopic (exact) mass is 316 g/mol. The van der Waals surface area contributed by atoms with Crippen molar-refractivity contribution < 1.29 is 28.9 Å². The smallest absolute Gasteiger partial charge is 0.370 e. The van der Waals surface area contributed by atoms with Crippen LogP contribution in [-0.2, 0) is 35.5 Å². The van der Waals surface area contributed by atoms with E-state index in [1.807, 2.05) is 24.3 Å². The van der Waals surface area contributed by atoms with Crippen molar-refractivity contribution in [3.63, 3.8) is 0 Å². The van der Waals surface area contributed by atoms with Crippen LogP contribution in [0.4, 0.5) is 0 Å². The Balaban J connectivity index is 1.80. The summed E-state index contributed by atoms with van der Waals surface area (Å²) >= 11 is 0. The van der Waals surface area contributed by atoms with Gasteiger partial charge in [-0.3, -0.25) is 0 Å². The predicted molar refractivity (Wildman–Crippen MR) is 80.6 cm³/mol. The number of carbonyl (C=O) groups is 2. The van der Waals surface area contributed by atoms with Crippen LogP contribution in [-0.4, -0.2) is 22.2 Å². The Kier molecular flexibility index (Phi) is 5.80. The summed E-state index contributed by atoms with van der Waals surface area (Å²) in [5.74, 6) is -1.71. The zero-order valence-corrected chi connectivity index (χ0v) is 12.8. The molecule has 0 fully saturated rings. The lowest BCUT2D eigenvalue weighted by Gasteiger charge is -2.02. The average Bonchev–Trinajstić information content (AvgIpc) is 2.50. The second kappa shape index (κ2) is 8.03. The first-order chi connectivity index (χ1) is 11.0. The molecule has 0 aliphatic carbocycles. The highest BCUT2D eigenvalue weighted by Crippen LogP contribution is 2.06. The summed E-state index contributed by atoms with van der Waals surface area (Å²) in [6.45, 7) is -0.0543. The van der Waals surface area contributed by atoms with Gasteiger partial charge in [-0.25, -0.2) is 9.59 Å². The van der Waals surface area contributed by atoms with Crippen LogP contribution in [0.25, 0.3) is 0 Å². The molecule has 0 bridgehead atoms. The number of carboxylic acid groups (broad SMARTS) is 2. The first kappa shape index (κ1) is 16.6. The van der Waals surface area contributed by atoms with Crippen molar-refractivity contribution in [2.45, 2.75) is 32.4 Å². The van der Waals surface area contributed by atoms with Crippen molar-refractivity contribution in [1.82, 2.24) is 0 Å². The van der Waals surface area contributed by atoms with Gasteiger partial charge in [-0.15, -0.1) is 0 Å². The molecular weight excluding hydrogens is 296 g/mol. The Hall–Kier alpha value is -2.76. The molecule has 0 aromatic carbocycles. The van der Waals surface area contributed by atoms with Gasteiger partial charge < -0.3 is 10.2 Å². The van der Waals surface area contributed by atoms with E-state index < -0.39 is 11.9 Å². The molecule has 23 heavy (non-hydrogen) atoms. The van der Waals surface area contributed by atoms with Crippen LogP contribution in [0.3, 0.4) is 0 Å². The zero-order chi connectivity index (χ0) is 16.7. The van der Waals surface area contributed by atoms with E-state index in [9.17, 15) is 9.59 Å². The maximum absolute atomic E-state index is 10.6. The van der Waals surface area contributed by atoms with E-state index >= 15 is 0 Å². The van der Waals surface area contributed by atoms with Gasteiger partial charge in [0.2, 0.25) is 13.1 Å². The highest BCUT2D eigenvalue weighted by molar-refractivity contribution is 5.65. The maximum atomic E-state index is 10.6. The molecule has 0 amide bonds. The van der Waals surface area contributed by atoms with Crippen LogP contribution in [0, 0.1) is 0 Å². The third-order valence-corrected chi connectivity index (χ3v) is 3.49. The Morgan fingerprint density at radius 2 is 1.09 bits per heavy atom. The largest absolute Gasteiger partial charge is 0.477 e. The second-order valence-corrected chi connectivity index (χ2v) is 5.40. The van der Waals surface area contributed by atoms with Crippen molar-refractivity contribution in [3.05, 3.63) is 60.2 Å². The Bertz CT molecular complexity index is 606. The summed E-state index contributed by atoms with van der Waals surface area (Å²) in [6.07, 6.45) is 9.92. The summed E-state index contributed by atoms with van der Waals surface area (Å²) < 4.78 is 3.26. The molecule has 2 aromatic rings. The Morgan fingerprint density at radius 3 is 1.39 bits per heavy atom. The standard InChI is InChI=1S/C17H18N2O4/c20-16(21)12-18-8-4-14(5-9-18)2-1-3-15-6-10-19(11-7-15)13-17(22)23/h4-11H,1-3,12-13H2/p+2. The summed E-state index contributed by atoms with van der Waals surface area (Å²) in [5.41, 5.74) is 2.34. The highest BCUT2D eigenvalue weighted by atomic mass is 16.4. The molecule has 0 aliphatic rings. The van der Waals surface area contributed by atoms with Crippen LogP contribution in [0.2, 0.25) is 0 Å². The lowest BCUT2D eigenvalue weighted by atomic mass is 10.1. The molecule has 0 unspecified atom stereocenters. The van der Waals surface area contributed by atoms with Crippen LogP contribution in [0.5, 0.6) is 0 Å². The van der Waals surface area contributed by atoms with Gasteiger partial charge >= 0.3 is 11.9 Å². The topological polar surface area (TPSA) is 82.4 Å². The van der Waals surface area contributed by atoms with Crippen LogP contribution in [0.1, 0.15) is 17.5 Å². The van der Waals surface area contributed by atoms with E-state index in [4.69, 9.17) is 10.2 Å². The van der Waals surface area contributed by atoms with Crippen molar-refractivity contribution in [2.24, 2.45) is 0 Å². The fraction of sp³-hybridized carbons (Fsp3) is 0.294. The average molecular weight is 316 g/mol. The molecule has 0 saturated heterocycles. The minimum Gasteiger partial charge on any atom is -0.477 e. The molecule has 0 spiro atoms. The van der Waals surface area contributed by atoms with E-state index in [0.717, 1.165) is 19.3 Å². The number of aliphatic carboxylic acids is 2. The third-order valence-electron chi connectivity index (χ3n) is 3.49. The first-order valence-electron chi connectivity index (χ1n) is 7.42. The molecule has 0 saturated carbocycles. The quantitative estimate of drug-likeness (QED) is 0.699. The van der Waals surface area contributed by atoms with Gasteiger partial charge in [0.25, 0.3) is 0 Å². The maximum Gasteiger partial charge on any atom is 0.370 e. The number of pyridine rings is 2. The molecule has 0 aliphatic heterocycles. The molecule has 2 heterocycles. The normalized spacial score (nSPS) is 10.4. The highest BCUT2D eigenvalue weighted by Gasteiger charge is 2.08. The number of hydrogen-bond donors (Lipinski definition) is 2. The molecule has 6 heteroatoms. The van der Waals surface area contributed by atoms with Crippen molar-refractivity contribution in [2.75, 3.05) is 0 Å². The van der Waals surface area contributed by atoms with Crippen LogP contribution in [0.15, 0.2) is 49.1 Å². The molecular formula is C17H20N2O4+2. The molecule has 0 atom stereocenters. The van der Waals surface area contributed by atoms with Gasteiger partial charge in [-0.2, -0.15) is 9.13 Å². The number of carboxylic acids is 2. The van der Waals surface area contributed by atoms with E-state index in [0.29, 0.717) is 0 Å². The summed E-state index contributed by atoms with van der Waals surface area (Å²) in [6, 6.07) is 7.76. The van der Waals surface area contributed by atoms with Gasteiger partial charge in [-0.05, 0) is 30.4 Å². The molecule has 2 rings (SSSR count). The Morgan fingerprint density at radius 1 is 0.739 bits per heavy atom. The van der Waals surface area contributed by atoms with Gasteiger partial charge in [0.15, 0.2) is 24.8 Å². The van der Waals surface area contributed by atoms with Crippen molar-refractivity contribution in [3.8, 4) is 0 Å². The van der Waals surface area contributed by atoms with E-state index in [1.165, 1.54) is 11.1 Å². The molecule has 2 aromatic heterocycles. The molecule has 2 N–H and O–H groups in total. The summed E-state index contributed by atoms with van der Waals surface area (Å²) in [7, 11) is 0. The molecule has 6 nitrogen and oxygen atoms in total. The number of aromatic nitrogens is 2. The fourth-order valence-electron chi connectivity index (χ4n) is 2.33. The third kappa shape index (κ3) is 5.86. The lowest BCUT2D eigenvalue weighted by molar-refractivity contribution is -0.685. The zero-order valence-electron chi connectivity index (χ0n) is 12.8. The lowest BCUT2D eigenvalue weighted by Crippen LogP contribution is -2.37. The van der Waals surface area contributed by atoms with Crippen LogP contribution >= 0.6 is 0 Å². The van der Waals surface area contributed by atoms with Crippen LogP contribution < -0.4 is 9.13 Å². The van der Waals surface area contributed by atoms with Gasteiger partial charge in [0, 0.05) is 24.3 Å². The number of rotatable bonds is 8. The SMILES string of the molecule is O=C(O)C[n+]1ccc(CCCc2cc[n+](CC(=O)O)cc2)cc1. The number of aryl methyl sites for hydroxylation is 2. The van der Waals surface area contributed by atoms with Crippen molar-refractivity contribution in [1.29, 1.82) is 0 Å². The first-order valence-corrected chi connectivity index (χ1v) is 7.42. The van der Waals surface area contributed by atoms with E-state index in [1.54, 1.807) is 33.9 Å². The van der Waals surface area contributed by atoms with E-state index in [-0.39, 0.29) is 13.1 Å². The summed E-state index contributed by atoms with van der Waals surface area (Å²) in [4.78, 5) is 21.2.